The number of hydrogen-bond donors (Lipinski definition) is 0. The van der Waals surface area contributed by atoms with E-state index < -0.39 is 0 Å². The first-order valence-corrected chi connectivity index (χ1v) is 8.91. The number of ether oxygens (including phenoxy) is 1. The molecule has 2 aromatic rings. The van der Waals surface area contributed by atoms with Crippen LogP contribution in [0.25, 0.3) is 0 Å². The van der Waals surface area contributed by atoms with Crippen LogP contribution in [0.1, 0.15) is 38.8 Å². The maximum Gasteiger partial charge on any atom is 0.495 e. The van der Waals surface area contributed by atoms with Gasteiger partial charge < -0.3 is 14.0 Å². The van der Waals surface area contributed by atoms with Crippen LogP contribution >= 0.6 is 0 Å². The Labute approximate surface area is 156 Å². The first-order chi connectivity index (χ1) is 12.3. The predicted octanol–water partition coefficient (Wildman–Crippen LogP) is 3.72. The summed E-state index contributed by atoms with van der Waals surface area (Å²) in [5, 5.41) is 0. The molecule has 0 aromatic heterocycles. The molecule has 2 aromatic carbocycles. The summed E-state index contributed by atoms with van der Waals surface area (Å²) >= 11 is 0. The quantitative estimate of drug-likeness (QED) is 0.625. The molecule has 0 N–H and O–H groups in total. The lowest BCUT2D eigenvalue weighted by Gasteiger charge is -2.32. The normalized spacial score (nSPS) is 17.5. The van der Waals surface area contributed by atoms with Crippen LogP contribution in [-0.2, 0) is 9.31 Å². The largest absolute Gasteiger partial charge is 0.495 e. The Morgan fingerprint density at radius 3 is 2.23 bits per heavy atom. The van der Waals surface area contributed by atoms with Gasteiger partial charge in [-0.3, -0.25) is 0 Å². The average molecular weight is 348 g/mol. The van der Waals surface area contributed by atoms with Crippen LogP contribution in [0, 0.1) is 18.8 Å². The van der Waals surface area contributed by atoms with Crippen molar-refractivity contribution in [1.82, 2.24) is 0 Å². The van der Waals surface area contributed by atoms with E-state index in [0.29, 0.717) is 6.61 Å². The van der Waals surface area contributed by atoms with Gasteiger partial charge in [0.2, 0.25) is 0 Å². The van der Waals surface area contributed by atoms with Crippen molar-refractivity contribution in [3.05, 3.63) is 59.7 Å². The van der Waals surface area contributed by atoms with E-state index in [1.165, 1.54) is 0 Å². The summed E-state index contributed by atoms with van der Waals surface area (Å²) in [5.41, 5.74) is 2.42. The fourth-order valence-corrected chi connectivity index (χ4v) is 2.75. The minimum absolute atomic E-state index is 0.341. The summed E-state index contributed by atoms with van der Waals surface area (Å²) in [5.74, 6) is 6.92. The van der Waals surface area contributed by atoms with Crippen molar-refractivity contribution in [3.8, 4) is 17.6 Å². The summed E-state index contributed by atoms with van der Waals surface area (Å²) in [6.45, 7) is 10.6. The number of hydrogen-bond acceptors (Lipinski definition) is 3. The van der Waals surface area contributed by atoms with E-state index in [0.717, 1.165) is 22.3 Å². The molecule has 0 spiro atoms. The van der Waals surface area contributed by atoms with E-state index in [2.05, 4.69) is 39.5 Å². The second kappa shape index (κ2) is 7.19. The summed E-state index contributed by atoms with van der Waals surface area (Å²) in [4.78, 5) is 0. The SMILES string of the molecule is Cc1cc(OCC#Cc2ccccc2)ccc1B1OC(C)(C)C(C)(C)O1. The number of aryl methyl sites for hydroxylation is 1. The third-order valence-corrected chi connectivity index (χ3v) is 5.07. The predicted molar refractivity (Wildman–Crippen MR) is 106 cm³/mol. The van der Waals surface area contributed by atoms with E-state index >= 15 is 0 Å². The molecule has 1 fully saturated rings. The third kappa shape index (κ3) is 3.95. The molecule has 0 amide bonds. The molecule has 0 unspecified atom stereocenters. The molecule has 4 heteroatoms. The van der Waals surface area contributed by atoms with Crippen molar-refractivity contribution in [3.63, 3.8) is 0 Å². The van der Waals surface area contributed by atoms with Crippen LogP contribution in [0.4, 0.5) is 0 Å². The molecule has 3 nitrogen and oxygen atoms in total. The van der Waals surface area contributed by atoms with Gasteiger partial charge in [-0.25, -0.2) is 0 Å². The minimum Gasteiger partial charge on any atom is -0.481 e. The zero-order valence-electron chi connectivity index (χ0n) is 16.1. The lowest BCUT2D eigenvalue weighted by atomic mass is 9.76. The van der Waals surface area contributed by atoms with Crippen LogP contribution in [0.3, 0.4) is 0 Å². The van der Waals surface area contributed by atoms with Crippen molar-refractivity contribution in [2.75, 3.05) is 6.61 Å². The van der Waals surface area contributed by atoms with Crippen molar-refractivity contribution < 1.29 is 14.0 Å². The van der Waals surface area contributed by atoms with Gasteiger partial charge in [0, 0.05) is 5.56 Å². The Balaban J connectivity index is 1.64. The van der Waals surface area contributed by atoms with Gasteiger partial charge in [-0.2, -0.15) is 0 Å². The van der Waals surface area contributed by atoms with Crippen molar-refractivity contribution in [2.45, 2.75) is 45.8 Å². The molecule has 1 aliphatic heterocycles. The van der Waals surface area contributed by atoms with E-state index in [1.807, 2.05) is 55.5 Å². The highest BCUT2D eigenvalue weighted by Gasteiger charge is 2.52. The molecule has 0 aliphatic carbocycles. The van der Waals surface area contributed by atoms with Gasteiger partial charge in [0.25, 0.3) is 0 Å². The Bertz CT molecular complexity index is 815. The van der Waals surface area contributed by atoms with Crippen molar-refractivity contribution in [2.24, 2.45) is 0 Å². The van der Waals surface area contributed by atoms with Crippen molar-refractivity contribution in [1.29, 1.82) is 0 Å². The second-order valence-corrected chi connectivity index (χ2v) is 7.56. The van der Waals surface area contributed by atoms with Gasteiger partial charge in [-0.1, -0.05) is 36.1 Å². The maximum atomic E-state index is 6.13. The first kappa shape index (κ1) is 18.6. The molecule has 1 heterocycles. The molecule has 3 rings (SSSR count). The van der Waals surface area contributed by atoms with Gasteiger partial charge in [0.05, 0.1) is 11.2 Å². The van der Waals surface area contributed by atoms with Crippen LogP contribution in [0.2, 0.25) is 0 Å². The second-order valence-electron chi connectivity index (χ2n) is 7.56. The zero-order valence-corrected chi connectivity index (χ0v) is 16.1. The molecule has 0 bridgehead atoms. The van der Waals surface area contributed by atoms with Gasteiger partial charge >= 0.3 is 7.12 Å². The molecule has 1 aliphatic rings. The smallest absolute Gasteiger partial charge is 0.481 e. The van der Waals surface area contributed by atoms with E-state index in [1.54, 1.807) is 0 Å². The summed E-state index contributed by atoms with van der Waals surface area (Å²) in [6.07, 6.45) is 0. The molecule has 0 radical (unpaired) electrons. The monoisotopic (exact) mass is 348 g/mol. The fourth-order valence-electron chi connectivity index (χ4n) is 2.75. The van der Waals surface area contributed by atoms with E-state index in [-0.39, 0.29) is 18.3 Å². The molecule has 1 saturated heterocycles. The maximum absolute atomic E-state index is 6.13. The third-order valence-electron chi connectivity index (χ3n) is 5.07. The topological polar surface area (TPSA) is 27.7 Å². The highest BCUT2D eigenvalue weighted by molar-refractivity contribution is 6.62. The molecule has 0 atom stereocenters. The van der Waals surface area contributed by atoms with E-state index in [9.17, 15) is 0 Å². The standard InChI is InChI=1S/C22H25BO3/c1-17-16-19(24-15-9-12-18-10-7-6-8-11-18)13-14-20(17)23-25-21(2,3)22(4,5)26-23/h6-8,10-11,13-14,16H,15H2,1-5H3. The van der Waals surface area contributed by atoms with Crippen LogP contribution in [0.15, 0.2) is 48.5 Å². The lowest BCUT2D eigenvalue weighted by Crippen LogP contribution is -2.41. The minimum atomic E-state index is -0.355. The highest BCUT2D eigenvalue weighted by atomic mass is 16.7. The van der Waals surface area contributed by atoms with E-state index in [4.69, 9.17) is 14.0 Å². The van der Waals surface area contributed by atoms with Crippen molar-refractivity contribution >= 4 is 12.6 Å². The van der Waals surface area contributed by atoms with Crippen LogP contribution in [0.5, 0.6) is 5.75 Å². The van der Waals surface area contributed by atoms with Gasteiger partial charge in [0.15, 0.2) is 0 Å². The Morgan fingerprint density at radius 1 is 0.962 bits per heavy atom. The zero-order chi connectivity index (χ0) is 18.8. The lowest BCUT2D eigenvalue weighted by molar-refractivity contribution is 0.00578. The van der Waals surface area contributed by atoms with Crippen LogP contribution in [-0.4, -0.2) is 24.9 Å². The Kier molecular flexibility index (Phi) is 5.13. The van der Waals surface area contributed by atoms with Gasteiger partial charge in [-0.05, 0) is 69.9 Å². The molecule has 26 heavy (non-hydrogen) atoms. The molecular formula is C22H25BO3. The molecule has 0 saturated carbocycles. The molecule has 134 valence electrons. The van der Waals surface area contributed by atoms with Crippen LogP contribution < -0.4 is 10.2 Å². The fraction of sp³-hybridized carbons (Fsp3) is 0.364. The number of benzene rings is 2. The summed E-state index contributed by atoms with van der Waals surface area (Å²) in [7, 11) is -0.355. The Hall–Kier alpha value is -2.22. The Morgan fingerprint density at radius 2 is 1.62 bits per heavy atom. The highest BCUT2D eigenvalue weighted by Crippen LogP contribution is 2.36. The summed E-state index contributed by atoms with van der Waals surface area (Å²) in [6, 6.07) is 15.9. The first-order valence-electron chi connectivity index (χ1n) is 8.91. The number of rotatable bonds is 3. The summed E-state index contributed by atoms with van der Waals surface area (Å²) < 4.78 is 18.0. The van der Waals surface area contributed by atoms with Gasteiger partial charge in [0.1, 0.15) is 12.4 Å². The van der Waals surface area contributed by atoms with Gasteiger partial charge in [-0.15, -0.1) is 0 Å². The average Bonchev–Trinajstić information content (AvgIpc) is 2.80. The molecular weight excluding hydrogens is 323 g/mol.